The number of benzene rings is 1. The van der Waals surface area contributed by atoms with Crippen LogP contribution in [0.4, 0.5) is 0 Å². The molecule has 0 aliphatic carbocycles. The lowest BCUT2D eigenvalue weighted by molar-refractivity contribution is 0.224. The Morgan fingerprint density at radius 1 is 1.22 bits per heavy atom. The van der Waals surface area contributed by atoms with Gasteiger partial charge in [0, 0.05) is 11.6 Å². The zero-order valence-electron chi connectivity index (χ0n) is 10.3. The van der Waals surface area contributed by atoms with Gasteiger partial charge in [-0.2, -0.15) is 8.42 Å². The molecule has 1 heterocycles. The van der Waals surface area contributed by atoms with Crippen LogP contribution in [0.25, 0.3) is 10.9 Å². The van der Waals surface area contributed by atoms with Crippen LogP contribution in [0.15, 0.2) is 24.4 Å². The molecule has 5 nitrogen and oxygen atoms in total. The Kier molecular flexibility index (Phi) is 3.58. The Labute approximate surface area is 106 Å². The summed E-state index contributed by atoms with van der Waals surface area (Å²) in [5.74, 6) is 0.692. The molecule has 0 bridgehead atoms. The van der Waals surface area contributed by atoms with E-state index >= 15 is 0 Å². The number of rotatable bonds is 5. The molecule has 6 heteroatoms. The Balaban J connectivity index is 2.04. The third-order valence-electron chi connectivity index (χ3n) is 2.54. The molecular weight excluding hydrogens is 254 g/mol. The van der Waals surface area contributed by atoms with Crippen molar-refractivity contribution < 1.29 is 17.3 Å². The molecule has 0 fully saturated rings. The van der Waals surface area contributed by atoms with E-state index < -0.39 is 10.1 Å². The Bertz CT molecular complexity index is 645. The average molecular weight is 269 g/mol. The van der Waals surface area contributed by atoms with E-state index in [1.54, 1.807) is 0 Å². The molecule has 98 valence electrons. The minimum absolute atomic E-state index is 0.00884. The maximum absolute atomic E-state index is 10.8. The normalized spacial score (nSPS) is 11.9. The van der Waals surface area contributed by atoms with Crippen molar-refractivity contribution in [3.63, 3.8) is 0 Å². The fraction of sp³-hybridized carbons (Fsp3) is 0.333. The van der Waals surface area contributed by atoms with E-state index in [4.69, 9.17) is 4.74 Å². The number of nitrogens with one attached hydrogen (secondary N) is 1. The van der Waals surface area contributed by atoms with Gasteiger partial charge in [0.2, 0.25) is 0 Å². The number of hydrogen-bond acceptors (Lipinski definition) is 4. The van der Waals surface area contributed by atoms with Crippen molar-refractivity contribution in [1.82, 2.24) is 4.98 Å². The Morgan fingerprint density at radius 2 is 2.00 bits per heavy atom. The summed E-state index contributed by atoms with van der Waals surface area (Å²) in [7, 11) is -3.40. The summed E-state index contributed by atoms with van der Waals surface area (Å²) >= 11 is 0. The minimum atomic E-state index is -3.40. The second-order valence-electron chi connectivity index (χ2n) is 4.02. The molecule has 0 unspecified atom stereocenters. The van der Waals surface area contributed by atoms with Crippen molar-refractivity contribution >= 4 is 21.0 Å². The summed E-state index contributed by atoms with van der Waals surface area (Å²) in [6.07, 6.45) is 2.86. The van der Waals surface area contributed by atoms with Crippen molar-refractivity contribution in [2.75, 3.05) is 19.5 Å². The van der Waals surface area contributed by atoms with Crippen LogP contribution < -0.4 is 4.74 Å². The van der Waals surface area contributed by atoms with Crippen LogP contribution >= 0.6 is 0 Å². The van der Waals surface area contributed by atoms with Crippen LogP contribution in [-0.4, -0.2) is 32.9 Å². The molecule has 0 atom stereocenters. The largest absolute Gasteiger partial charge is 0.489 e. The predicted octanol–water partition coefficient (Wildman–Crippen LogP) is 1.83. The number of aromatic amines is 1. The lowest BCUT2D eigenvalue weighted by Crippen LogP contribution is -2.11. The van der Waals surface area contributed by atoms with Crippen LogP contribution in [0.3, 0.4) is 0 Å². The van der Waals surface area contributed by atoms with Crippen molar-refractivity contribution in [2.24, 2.45) is 0 Å². The fourth-order valence-corrected chi connectivity index (χ4v) is 2.10. The molecule has 0 aliphatic heterocycles. The highest BCUT2D eigenvalue weighted by Gasteiger charge is 2.06. The van der Waals surface area contributed by atoms with Gasteiger partial charge >= 0.3 is 0 Å². The zero-order valence-corrected chi connectivity index (χ0v) is 11.1. The number of hydrogen-bond donors (Lipinski definition) is 1. The van der Waals surface area contributed by atoms with Crippen molar-refractivity contribution in [2.45, 2.75) is 6.92 Å². The number of fused-ring (bicyclic) bond motifs is 1. The van der Waals surface area contributed by atoms with Crippen LogP contribution in [0.2, 0.25) is 0 Å². The van der Waals surface area contributed by atoms with Gasteiger partial charge in [-0.15, -0.1) is 0 Å². The molecule has 18 heavy (non-hydrogen) atoms. The monoisotopic (exact) mass is 269 g/mol. The highest BCUT2D eigenvalue weighted by Crippen LogP contribution is 2.26. The molecule has 2 aromatic rings. The molecule has 0 radical (unpaired) electrons. The summed E-state index contributed by atoms with van der Waals surface area (Å²) in [5.41, 5.74) is 2.07. The standard InChI is InChI=1S/C12H15NO4S/c1-9-3-4-11(12-10(9)5-6-13-12)16-7-8-17-18(2,14)15/h3-6,13H,7-8H2,1-2H3. The number of ether oxygens (including phenoxy) is 1. The smallest absolute Gasteiger partial charge is 0.264 e. The number of aromatic nitrogens is 1. The zero-order chi connectivity index (χ0) is 13.2. The van der Waals surface area contributed by atoms with Crippen molar-refractivity contribution in [3.8, 4) is 5.75 Å². The molecular formula is C12H15NO4S. The molecule has 0 amide bonds. The number of H-pyrrole nitrogens is 1. The van der Waals surface area contributed by atoms with Gasteiger partial charge in [0.15, 0.2) is 0 Å². The Morgan fingerprint density at radius 3 is 2.72 bits per heavy atom. The Hall–Kier alpha value is -1.53. The highest BCUT2D eigenvalue weighted by atomic mass is 32.2. The summed E-state index contributed by atoms with van der Waals surface area (Å²) in [5, 5.41) is 1.09. The SMILES string of the molecule is Cc1ccc(OCCOS(C)(=O)=O)c2[nH]ccc12. The van der Waals surface area contributed by atoms with Gasteiger partial charge in [-0.1, -0.05) is 6.07 Å². The van der Waals surface area contributed by atoms with E-state index in [2.05, 4.69) is 9.17 Å². The fourth-order valence-electron chi connectivity index (χ4n) is 1.73. The first kappa shape index (κ1) is 12.9. The van der Waals surface area contributed by atoms with E-state index in [1.807, 2.05) is 31.3 Å². The van der Waals surface area contributed by atoms with Crippen LogP contribution in [0, 0.1) is 6.92 Å². The quantitative estimate of drug-likeness (QED) is 0.664. The minimum Gasteiger partial charge on any atom is -0.489 e. The first-order chi connectivity index (χ1) is 8.47. The van der Waals surface area contributed by atoms with Gasteiger partial charge in [-0.05, 0) is 24.6 Å². The molecule has 0 spiro atoms. The van der Waals surface area contributed by atoms with Gasteiger partial charge in [-0.25, -0.2) is 0 Å². The molecule has 1 aromatic heterocycles. The third kappa shape index (κ3) is 3.02. The topological polar surface area (TPSA) is 68.4 Å². The van der Waals surface area contributed by atoms with E-state index in [0.717, 1.165) is 22.7 Å². The molecule has 2 rings (SSSR count). The molecule has 1 N–H and O–H groups in total. The van der Waals surface area contributed by atoms with E-state index in [0.29, 0.717) is 5.75 Å². The summed E-state index contributed by atoms with van der Waals surface area (Å²) in [6.45, 7) is 2.21. The van der Waals surface area contributed by atoms with E-state index in [-0.39, 0.29) is 13.2 Å². The summed E-state index contributed by atoms with van der Waals surface area (Å²) < 4.78 is 31.7. The molecule has 0 aliphatic rings. The lowest BCUT2D eigenvalue weighted by atomic mass is 10.1. The van der Waals surface area contributed by atoms with Crippen LogP contribution in [0.5, 0.6) is 5.75 Å². The molecule has 1 aromatic carbocycles. The van der Waals surface area contributed by atoms with Crippen LogP contribution in [-0.2, 0) is 14.3 Å². The average Bonchev–Trinajstić information content (AvgIpc) is 2.75. The highest BCUT2D eigenvalue weighted by molar-refractivity contribution is 7.85. The first-order valence-electron chi connectivity index (χ1n) is 5.51. The second kappa shape index (κ2) is 4.99. The van der Waals surface area contributed by atoms with E-state index in [9.17, 15) is 8.42 Å². The van der Waals surface area contributed by atoms with Gasteiger partial charge in [0.1, 0.15) is 19.0 Å². The van der Waals surface area contributed by atoms with Crippen molar-refractivity contribution in [3.05, 3.63) is 30.0 Å². The summed E-state index contributed by atoms with van der Waals surface area (Å²) in [4.78, 5) is 3.10. The van der Waals surface area contributed by atoms with Gasteiger partial charge in [-0.3, -0.25) is 4.18 Å². The maximum atomic E-state index is 10.8. The van der Waals surface area contributed by atoms with Gasteiger partial charge in [0.05, 0.1) is 11.8 Å². The molecule has 0 saturated heterocycles. The van der Waals surface area contributed by atoms with Gasteiger partial charge < -0.3 is 9.72 Å². The van der Waals surface area contributed by atoms with Crippen molar-refractivity contribution in [1.29, 1.82) is 0 Å². The predicted molar refractivity (Wildman–Crippen MR) is 69.3 cm³/mol. The third-order valence-corrected chi connectivity index (χ3v) is 3.14. The van der Waals surface area contributed by atoms with Gasteiger partial charge in [0.25, 0.3) is 10.1 Å². The second-order valence-corrected chi connectivity index (χ2v) is 5.67. The van der Waals surface area contributed by atoms with Crippen LogP contribution in [0.1, 0.15) is 5.56 Å². The summed E-state index contributed by atoms with van der Waals surface area (Å²) in [6, 6.07) is 5.79. The number of aryl methyl sites for hydroxylation is 1. The maximum Gasteiger partial charge on any atom is 0.264 e. The first-order valence-corrected chi connectivity index (χ1v) is 7.33. The molecule has 0 saturated carbocycles. The lowest BCUT2D eigenvalue weighted by Gasteiger charge is -2.08. The van der Waals surface area contributed by atoms with E-state index in [1.165, 1.54) is 0 Å².